The molecule has 2 aromatic heterocycles. The summed E-state index contributed by atoms with van der Waals surface area (Å²) in [4.78, 5) is 24.0. The van der Waals surface area contributed by atoms with E-state index in [9.17, 15) is 14.9 Å². The number of nitriles is 2. The first kappa shape index (κ1) is 18.8. The Balaban J connectivity index is 1.91. The minimum absolute atomic E-state index is 0.0822. The van der Waals surface area contributed by atoms with E-state index < -0.39 is 11.2 Å². The normalized spacial score (nSPS) is 10.3. The third-order valence-electron chi connectivity index (χ3n) is 4.15. The molecule has 2 heterocycles. The van der Waals surface area contributed by atoms with Crippen LogP contribution >= 0.6 is 0 Å². The predicted octanol–water partition coefficient (Wildman–Crippen LogP) is -0.0424. The van der Waals surface area contributed by atoms with Gasteiger partial charge in [-0.2, -0.15) is 15.6 Å². The highest BCUT2D eigenvalue weighted by molar-refractivity contribution is 5.51. The van der Waals surface area contributed by atoms with Gasteiger partial charge in [-0.15, -0.1) is 0 Å². The van der Waals surface area contributed by atoms with Gasteiger partial charge in [-0.1, -0.05) is 6.42 Å². The summed E-state index contributed by atoms with van der Waals surface area (Å²) in [5.41, 5.74) is 5.51. The zero-order valence-corrected chi connectivity index (χ0v) is 14.7. The van der Waals surface area contributed by atoms with Crippen LogP contribution in [-0.2, 0) is 20.5 Å². The van der Waals surface area contributed by atoms with Crippen molar-refractivity contribution in [3.05, 3.63) is 37.7 Å². The van der Waals surface area contributed by atoms with Crippen molar-refractivity contribution in [1.29, 1.82) is 10.5 Å². The van der Waals surface area contributed by atoms with E-state index in [1.54, 1.807) is 0 Å². The van der Waals surface area contributed by atoms with Crippen LogP contribution in [0.15, 0.2) is 9.59 Å². The highest BCUT2D eigenvalue weighted by Crippen LogP contribution is 2.15. The number of nitrogens with zero attached hydrogens (tertiary/aromatic N) is 5. The maximum absolute atomic E-state index is 12.0. The number of H-pyrrole nitrogens is 1. The number of aryl methyl sites for hydroxylation is 1. The summed E-state index contributed by atoms with van der Waals surface area (Å²) in [5.74, 6) is 0.438. The van der Waals surface area contributed by atoms with E-state index in [2.05, 4.69) is 15.5 Å². The van der Waals surface area contributed by atoms with Crippen LogP contribution < -0.4 is 22.3 Å². The summed E-state index contributed by atoms with van der Waals surface area (Å²) >= 11 is 0. The maximum Gasteiger partial charge on any atom is 0.332 e. The van der Waals surface area contributed by atoms with Crippen LogP contribution in [0.25, 0.3) is 0 Å². The minimum Gasteiger partial charge on any atom is -0.381 e. The summed E-state index contributed by atoms with van der Waals surface area (Å²) in [6.07, 6.45) is 3.08. The molecule has 0 spiro atoms. The molecule has 0 atom stereocenters. The van der Waals surface area contributed by atoms with Crippen molar-refractivity contribution in [1.82, 2.24) is 19.3 Å². The molecule has 10 nitrogen and oxygen atoms in total. The highest BCUT2D eigenvalue weighted by Gasteiger charge is 2.14. The van der Waals surface area contributed by atoms with Crippen LogP contribution in [0.1, 0.15) is 36.1 Å². The average molecular weight is 356 g/mol. The summed E-state index contributed by atoms with van der Waals surface area (Å²) in [6.45, 7) is 0.505. The first-order valence-electron chi connectivity index (χ1n) is 8.09. The molecule has 0 fully saturated rings. The van der Waals surface area contributed by atoms with Gasteiger partial charge in [-0.3, -0.25) is 19.0 Å². The number of hydrogen-bond donors (Lipinski definition) is 3. The molecule has 0 aliphatic heterocycles. The van der Waals surface area contributed by atoms with Crippen LogP contribution in [0.3, 0.4) is 0 Å². The van der Waals surface area contributed by atoms with Crippen molar-refractivity contribution in [2.75, 3.05) is 17.6 Å². The van der Waals surface area contributed by atoms with E-state index in [1.807, 2.05) is 12.1 Å². The molecule has 0 radical (unpaired) electrons. The summed E-state index contributed by atoms with van der Waals surface area (Å²) in [6, 6.07) is 3.88. The second kappa shape index (κ2) is 8.03. The van der Waals surface area contributed by atoms with E-state index in [-0.39, 0.29) is 17.2 Å². The summed E-state index contributed by atoms with van der Waals surface area (Å²) in [7, 11) is 2.85. The van der Waals surface area contributed by atoms with Gasteiger partial charge in [0.25, 0.3) is 5.56 Å². The van der Waals surface area contributed by atoms with Crippen LogP contribution in [0.2, 0.25) is 0 Å². The summed E-state index contributed by atoms with van der Waals surface area (Å²) in [5, 5.41) is 27.8. The lowest BCUT2D eigenvalue weighted by molar-refractivity contribution is 0.667. The Labute approximate surface area is 149 Å². The standard InChI is InChI=1S/C16H20N8O2/c1-23-14(11(9-18)15(25)24(2)16(23)26)20-7-5-3-4-6-12-10(8-17)13(19)22-21-12/h20H,3-7H2,1-2H3,(H3,19,21,22). The van der Waals surface area contributed by atoms with Gasteiger partial charge < -0.3 is 11.1 Å². The third kappa shape index (κ3) is 3.59. The lowest BCUT2D eigenvalue weighted by Crippen LogP contribution is -2.39. The first-order chi connectivity index (χ1) is 12.4. The molecule has 0 aliphatic rings. The van der Waals surface area contributed by atoms with Gasteiger partial charge in [0.15, 0.2) is 11.4 Å². The largest absolute Gasteiger partial charge is 0.381 e. The van der Waals surface area contributed by atoms with Gasteiger partial charge in [-0.05, 0) is 19.3 Å². The van der Waals surface area contributed by atoms with Gasteiger partial charge in [0.05, 0.1) is 5.69 Å². The van der Waals surface area contributed by atoms with Crippen LogP contribution in [0.5, 0.6) is 0 Å². The highest BCUT2D eigenvalue weighted by atomic mass is 16.2. The molecule has 0 bridgehead atoms. The Kier molecular flexibility index (Phi) is 5.81. The fourth-order valence-electron chi connectivity index (χ4n) is 2.66. The molecule has 0 amide bonds. The monoisotopic (exact) mass is 356 g/mol. The zero-order valence-electron chi connectivity index (χ0n) is 14.7. The second-order valence-electron chi connectivity index (χ2n) is 5.85. The molecule has 0 aromatic carbocycles. The van der Waals surface area contributed by atoms with Gasteiger partial charge in [0.1, 0.15) is 23.5 Å². The van der Waals surface area contributed by atoms with Gasteiger partial charge >= 0.3 is 5.69 Å². The first-order valence-corrected chi connectivity index (χ1v) is 8.09. The Bertz CT molecular complexity index is 999. The number of aromatic amines is 1. The lowest BCUT2D eigenvalue weighted by atomic mass is 10.1. The lowest BCUT2D eigenvalue weighted by Gasteiger charge is -2.13. The maximum atomic E-state index is 12.0. The van der Waals surface area contributed by atoms with Gasteiger partial charge in [-0.25, -0.2) is 4.79 Å². The molecule has 0 saturated heterocycles. The van der Waals surface area contributed by atoms with Crippen molar-refractivity contribution < 1.29 is 0 Å². The van der Waals surface area contributed by atoms with Crippen molar-refractivity contribution in [2.45, 2.75) is 25.7 Å². The molecule has 10 heteroatoms. The molecular formula is C16H20N8O2. The number of aromatic nitrogens is 4. The van der Waals surface area contributed by atoms with Gasteiger partial charge in [0, 0.05) is 20.6 Å². The Morgan fingerprint density at radius 1 is 1.12 bits per heavy atom. The number of rotatable bonds is 7. The topological polar surface area (TPSA) is 158 Å². The summed E-state index contributed by atoms with van der Waals surface area (Å²) < 4.78 is 2.17. The quantitative estimate of drug-likeness (QED) is 0.587. The molecule has 2 rings (SSSR count). The van der Waals surface area contributed by atoms with E-state index in [1.165, 1.54) is 18.7 Å². The molecule has 136 valence electrons. The SMILES string of the molecule is Cn1c(NCCCCCc2[nH]nc(N)c2C#N)c(C#N)c(=O)n(C)c1=O. The number of nitrogens with two attached hydrogens (primary N) is 1. The number of nitrogens with one attached hydrogen (secondary N) is 2. The molecule has 0 unspecified atom stereocenters. The van der Waals surface area contributed by atoms with Gasteiger partial charge in [0.2, 0.25) is 0 Å². The zero-order chi connectivity index (χ0) is 19.3. The van der Waals surface area contributed by atoms with E-state index in [0.29, 0.717) is 18.5 Å². The second-order valence-corrected chi connectivity index (χ2v) is 5.85. The fourth-order valence-corrected chi connectivity index (χ4v) is 2.66. The Morgan fingerprint density at radius 2 is 1.81 bits per heavy atom. The van der Waals surface area contributed by atoms with E-state index in [0.717, 1.165) is 29.5 Å². The van der Waals surface area contributed by atoms with Crippen molar-refractivity contribution >= 4 is 11.6 Å². The molecule has 0 aliphatic carbocycles. The molecule has 0 saturated carbocycles. The van der Waals surface area contributed by atoms with Crippen molar-refractivity contribution in [3.8, 4) is 12.1 Å². The van der Waals surface area contributed by atoms with Crippen LogP contribution in [0.4, 0.5) is 11.6 Å². The number of unbranched alkanes of at least 4 members (excludes halogenated alkanes) is 2. The van der Waals surface area contributed by atoms with Crippen molar-refractivity contribution in [2.24, 2.45) is 14.1 Å². The molecular weight excluding hydrogens is 336 g/mol. The van der Waals surface area contributed by atoms with Crippen LogP contribution in [-0.4, -0.2) is 25.9 Å². The number of anilines is 2. The molecule has 2 aromatic rings. The Hall–Kier alpha value is -3.53. The Morgan fingerprint density at radius 3 is 2.46 bits per heavy atom. The fraction of sp³-hybridized carbons (Fsp3) is 0.438. The average Bonchev–Trinajstić information content (AvgIpc) is 2.99. The predicted molar refractivity (Wildman–Crippen MR) is 95.4 cm³/mol. The van der Waals surface area contributed by atoms with E-state index in [4.69, 9.17) is 11.0 Å². The number of hydrogen-bond acceptors (Lipinski definition) is 7. The molecule has 26 heavy (non-hydrogen) atoms. The molecule has 4 N–H and O–H groups in total. The van der Waals surface area contributed by atoms with Crippen molar-refractivity contribution in [3.63, 3.8) is 0 Å². The number of nitrogen functional groups attached to an aromatic ring is 1. The minimum atomic E-state index is -0.612. The third-order valence-corrected chi connectivity index (χ3v) is 4.15. The van der Waals surface area contributed by atoms with Crippen LogP contribution in [0, 0.1) is 22.7 Å². The smallest absolute Gasteiger partial charge is 0.332 e. The van der Waals surface area contributed by atoms with E-state index >= 15 is 0 Å².